The van der Waals surface area contributed by atoms with Gasteiger partial charge in [-0.3, -0.25) is 14.4 Å². The molecule has 2 heterocycles. The molecule has 0 aliphatic carbocycles. The Morgan fingerprint density at radius 1 is 0.933 bits per heavy atom. The molecule has 0 fully saturated rings. The van der Waals surface area contributed by atoms with E-state index in [4.69, 9.17) is 4.74 Å². The fraction of sp³-hybridized carbons (Fsp3) is 0.227. The Hall–Kier alpha value is -3.81. The third-order valence-electron chi connectivity index (χ3n) is 4.80. The van der Waals surface area contributed by atoms with E-state index in [2.05, 4.69) is 5.10 Å². The van der Waals surface area contributed by atoms with Gasteiger partial charge in [-0.2, -0.15) is 5.10 Å². The summed E-state index contributed by atoms with van der Waals surface area (Å²) >= 11 is 0. The molecule has 1 aliphatic heterocycles. The first-order valence-electron chi connectivity index (χ1n) is 9.50. The molecule has 0 saturated carbocycles. The van der Waals surface area contributed by atoms with Crippen molar-refractivity contribution in [2.24, 2.45) is 5.92 Å². The molecular formula is C22H19N3O5. The van der Waals surface area contributed by atoms with Gasteiger partial charge in [-0.05, 0) is 24.1 Å². The molecule has 0 unspecified atom stereocenters. The number of carbonyl (C=O) groups excluding carboxylic acids is 3. The summed E-state index contributed by atoms with van der Waals surface area (Å²) in [6.45, 7) is 3.67. The van der Waals surface area contributed by atoms with Crippen molar-refractivity contribution in [3.05, 3.63) is 75.7 Å². The molecule has 152 valence electrons. The van der Waals surface area contributed by atoms with E-state index in [9.17, 15) is 19.2 Å². The summed E-state index contributed by atoms with van der Waals surface area (Å²) in [5, 5.41) is 4.91. The second-order valence-corrected chi connectivity index (χ2v) is 7.42. The number of fused-ring (bicyclic) bond motifs is 2. The number of imide groups is 1. The minimum absolute atomic E-state index is 0.0394. The summed E-state index contributed by atoms with van der Waals surface area (Å²) in [6, 6.07) is 13.1. The number of ether oxygens (including phenoxy) is 1. The van der Waals surface area contributed by atoms with Crippen LogP contribution in [0.4, 0.5) is 0 Å². The predicted molar refractivity (Wildman–Crippen MR) is 108 cm³/mol. The normalized spacial score (nSPS) is 13.2. The smallest absolute Gasteiger partial charge is 0.361 e. The Kier molecular flexibility index (Phi) is 4.91. The number of carbonyl (C=O) groups is 3. The summed E-state index contributed by atoms with van der Waals surface area (Å²) in [6.07, 6.45) is 0. The molecule has 0 radical (unpaired) electrons. The largest absolute Gasteiger partial charge is 0.439 e. The standard InChI is InChI=1S/C22H19N3O5/c1-13(2)11-25-21(28)15-8-4-3-7-14(15)18(23-25)22(29)30-12-24-19(26)16-9-5-6-10-17(16)20(24)27/h3-10,13H,11-12H2,1-2H3. The second-order valence-electron chi connectivity index (χ2n) is 7.42. The average Bonchev–Trinajstić information content (AvgIpc) is 2.98. The maximum Gasteiger partial charge on any atom is 0.361 e. The highest BCUT2D eigenvalue weighted by molar-refractivity contribution is 6.21. The molecule has 30 heavy (non-hydrogen) atoms. The summed E-state index contributed by atoms with van der Waals surface area (Å²) in [7, 11) is 0. The molecule has 0 saturated heterocycles. The van der Waals surface area contributed by atoms with Crippen LogP contribution in [0.3, 0.4) is 0 Å². The number of hydrogen-bond acceptors (Lipinski definition) is 6. The highest BCUT2D eigenvalue weighted by Gasteiger charge is 2.36. The molecule has 1 aliphatic rings. The first-order chi connectivity index (χ1) is 14.4. The van der Waals surface area contributed by atoms with Crippen LogP contribution in [-0.4, -0.2) is 39.2 Å². The van der Waals surface area contributed by atoms with Crippen molar-refractivity contribution in [1.82, 2.24) is 14.7 Å². The van der Waals surface area contributed by atoms with Gasteiger partial charge in [-0.15, -0.1) is 0 Å². The minimum atomic E-state index is -0.819. The summed E-state index contributed by atoms with van der Waals surface area (Å²) < 4.78 is 6.50. The van der Waals surface area contributed by atoms with E-state index in [-0.39, 0.29) is 28.3 Å². The van der Waals surface area contributed by atoms with Crippen LogP contribution in [0.5, 0.6) is 0 Å². The Bertz CT molecular complexity index is 1210. The molecule has 8 nitrogen and oxygen atoms in total. The molecule has 3 aromatic rings. The monoisotopic (exact) mass is 405 g/mol. The zero-order valence-corrected chi connectivity index (χ0v) is 16.5. The van der Waals surface area contributed by atoms with Gasteiger partial charge in [0.2, 0.25) is 0 Å². The Morgan fingerprint density at radius 3 is 2.10 bits per heavy atom. The fourth-order valence-electron chi connectivity index (χ4n) is 3.40. The number of hydrogen-bond donors (Lipinski definition) is 0. The molecule has 4 rings (SSSR count). The van der Waals surface area contributed by atoms with Gasteiger partial charge in [0, 0.05) is 11.9 Å². The van der Waals surface area contributed by atoms with Crippen molar-refractivity contribution in [3.8, 4) is 0 Å². The number of rotatable bonds is 5. The summed E-state index contributed by atoms with van der Waals surface area (Å²) in [4.78, 5) is 51.2. The molecule has 1 aromatic heterocycles. The van der Waals surface area contributed by atoms with E-state index in [1.807, 2.05) is 13.8 Å². The Morgan fingerprint density at radius 2 is 1.50 bits per heavy atom. The second kappa shape index (κ2) is 7.55. The van der Waals surface area contributed by atoms with Crippen LogP contribution in [-0.2, 0) is 11.3 Å². The van der Waals surface area contributed by atoms with Crippen molar-refractivity contribution in [2.75, 3.05) is 6.73 Å². The van der Waals surface area contributed by atoms with Crippen molar-refractivity contribution in [3.63, 3.8) is 0 Å². The van der Waals surface area contributed by atoms with Gasteiger partial charge >= 0.3 is 5.97 Å². The quantitative estimate of drug-likeness (QED) is 0.478. The van der Waals surface area contributed by atoms with E-state index < -0.39 is 24.5 Å². The lowest BCUT2D eigenvalue weighted by molar-refractivity contribution is 0.0223. The summed E-state index contributed by atoms with van der Waals surface area (Å²) in [5.74, 6) is -1.73. The van der Waals surface area contributed by atoms with Crippen LogP contribution in [0, 0.1) is 5.92 Å². The third-order valence-corrected chi connectivity index (χ3v) is 4.80. The minimum Gasteiger partial charge on any atom is -0.439 e. The van der Waals surface area contributed by atoms with E-state index in [1.165, 1.54) is 4.68 Å². The third kappa shape index (κ3) is 3.26. The highest BCUT2D eigenvalue weighted by Crippen LogP contribution is 2.22. The molecular weight excluding hydrogens is 386 g/mol. The van der Waals surface area contributed by atoms with E-state index >= 15 is 0 Å². The molecule has 8 heteroatoms. The molecule has 0 N–H and O–H groups in total. The van der Waals surface area contributed by atoms with Gasteiger partial charge in [0.25, 0.3) is 17.4 Å². The molecule has 0 spiro atoms. The van der Waals surface area contributed by atoms with Gasteiger partial charge in [0.05, 0.1) is 16.5 Å². The lowest BCUT2D eigenvalue weighted by Gasteiger charge is -2.15. The maximum atomic E-state index is 12.8. The number of amides is 2. The molecule has 2 aromatic carbocycles. The van der Waals surface area contributed by atoms with Gasteiger partial charge < -0.3 is 4.74 Å². The van der Waals surface area contributed by atoms with Crippen LogP contribution in [0.15, 0.2) is 53.3 Å². The van der Waals surface area contributed by atoms with Crippen molar-refractivity contribution < 1.29 is 19.1 Å². The average molecular weight is 405 g/mol. The lowest BCUT2D eigenvalue weighted by Crippen LogP contribution is -2.34. The zero-order valence-electron chi connectivity index (χ0n) is 16.5. The topological polar surface area (TPSA) is 98.6 Å². The number of aromatic nitrogens is 2. The first kappa shape index (κ1) is 19.5. The predicted octanol–water partition coefficient (Wildman–Crippen LogP) is 2.46. The van der Waals surface area contributed by atoms with Crippen molar-refractivity contribution in [1.29, 1.82) is 0 Å². The van der Waals surface area contributed by atoms with Gasteiger partial charge in [0.1, 0.15) is 0 Å². The SMILES string of the molecule is CC(C)Cn1nc(C(=O)OCN2C(=O)c3ccccc3C2=O)c2ccccc2c1=O. The van der Waals surface area contributed by atoms with Crippen LogP contribution in [0.2, 0.25) is 0 Å². The van der Waals surface area contributed by atoms with Gasteiger partial charge in [-0.1, -0.05) is 44.2 Å². The molecule has 2 amide bonds. The summed E-state index contributed by atoms with van der Waals surface area (Å²) in [5.41, 5.74) is 0.207. The molecule has 0 bridgehead atoms. The van der Waals surface area contributed by atoms with Crippen molar-refractivity contribution >= 4 is 28.6 Å². The van der Waals surface area contributed by atoms with Crippen molar-refractivity contribution in [2.45, 2.75) is 20.4 Å². The van der Waals surface area contributed by atoms with Gasteiger partial charge in [0.15, 0.2) is 12.4 Å². The molecule has 0 atom stereocenters. The maximum absolute atomic E-state index is 12.8. The van der Waals surface area contributed by atoms with Crippen LogP contribution in [0.1, 0.15) is 45.1 Å². The highest BCUT2D eigenvalue weighted by atomic mass is 16.5. The fourth-order valence-corrected chi connectivity index (χ4v) is 3.40. The zero-order chi connectivity index (χ0) is 21.4. The van der Waals surface area contributed by atoms with Crippen LogP contribution >= 0.6 is 0 Å². The van der Waals surface area contributed by atoms with E-state index in [0.717, 1.165) is 4.90 Å². The number of benzene rings is 2. The first-order valence-corrected chi connectivity index (χ1v) is 9.50. The lowest BCUT2D eigenvalue weighted by atomic mass is 10.1. The Balaban J connectivity index is 1.63. The van der Waals surface area contributed by atoms with E-state index in [1.54, 1.807) is 48.5 Å². The van der Waals surface area contributed by atoms with Crippen LogP contribution in [0.25, 0.3) is 10.8 Å². The van der Waals surface area contributed by atoms with Crippen LogP contribution < -0.4 is 5.56 Å². The Labute approximate surface area is 171 Å². The number of nitrogens with zero attached hydrogens (tertiary/aromatic N) is 3. The van der Waals surface area contributed by atoms with E-state index in [0.29, 0.717) is 17.3 Å². The number of esters is 1. The van der Waals surface area contributed by atoms with Gasteiger partial charge in [-0.25, -0.2) is 14.4 Å².